The summed E-state index contributed by atoms with van der Waals surface area (Å²) in [7, 11) is 1.92. The minimum atomic E-state index is 0.360. The van der Waals surface area contributed by atoms with Crippen molar-refractivity contribution in [1.29, 1.82) is 0 Å². The van der Waals surface area contributed by atoms with E-state index >= 15 is 0 Å². The summed E-state index contributed by atoms with van der Waals surface area (Å²) in [5.41, 5.74) is 5.71. The number of aromatic nitrogens is 2. The van der Waals surface area contributed by atoms with Gasteiger partial charge in [-0.3, -0.25) is 14.5 Å². The van der Waals surface area contributed by atoms with Crippen molar-refractivity contribution in [2.75, 3.05) is 18.4 Å². The van der Waals surface area contributed by atoms with Crippen LogP contribution in [-0.4, -0.2) is 46.1 Å². The van der Waals surface area contributed by atoms with Crippen molar-refractivity contribution in [3.63, 3.8) is 0 Å². The van der Waals surface area contributed by atoms with Gasteiger partial charge in [-0.25, -0.2) is 0 Å². The summed E-state index contributed by atoms with van der Waals surface area (Å²) >= 11 is 0. The Labute approximate surface area is 172 Å². The largest absolute Gasteiger partial charge is 0.340 e. The standard InChI is InChI=1S/C23H29N5O/c1-16-10-11-28(15-29)14-21(16)23(26-22-9-4-17(22)2)25-20-7-5-18(6-8-20)19-12-24-27(3)13-19/h5-8,12-13,15,17,22H,4,9-11,14H2,1-3H3,(H,25,26)/t17?,22-/m0/s1. The van der Waals surface area contributed by atoms with Crippen LogP contribution in [0.4, 0.5) is 5.69 Å². The first-order valence-corrected chi connectivity index (χ1v) is 10.4. The number of hydrogen-bond donors (Lipinski definition) is 1. The Morgan fingerprint density at radius 2 is 2.03 bits per heavy atom. The van der Waals surface area contributed by atoms with Crippen LogP contribution in [0.2, 0.25) is 0 Å². The summed E-state index contributed by atoms with van der Waals surface area (Å²) in [6.07, 6.45) is 8.10. The lowest BCUT2D eigenvalue weighted by Gasteiger charge is -2.33. The van der Waals surface area contributed by atoms with Crippen molar-refractivity contribution in [3.05, 3.63) is 47.8 Å². The molecule has 1 amide bonds. The van der Waals surface area contributed by atoms with E-state index in [1.54, 1.807) is 0 Å². The highest BCUT2D eigenvalue weighted by Crippen LogP contribution is 2.31. The smallest absolute Gasteiger partial charge is 0.210 e. The van der Waals surface area contributed by atoms with Gasteiger partial charge in [0.1, 0.15) is 5.84 Å². The van der Waals surface area contributed by atoms with Gasteiger partial charge in [-0.1, -0.05) is 24.6 Å². The normalized spacial score (nSPS) is 22.4. The molecular formula is C23H29N5O. The van der Waals surface area contributed by atoms with Crippen LogP contribution in [0, 0.1) is 5.92 Å². The van der Waals surface area contributed by atoms with Gasteiger partial charge >= 0.3 is 0 Å². The van der Waals surface area contributed by atoms with Gasteiger partial charge in [0.05, 0.1) is 12.2 Å². The number of nitrogens with one attached hydrogen (secondary N) is 1. The molecule has 1 aromatic carbocycles. The van der Waals surface area contributed by atoms with Crippen molar-refractivity contribution in [2.24, 2.45) is 18.0 Å². The van der Waals surface area contributed by atoms with E-state index in [2.05, 4.69) is 48.5 Å². The fourth-order valence-corrected chi connectivity index (χ4v) is 3.89. The third-order valence-electron chi connectivity index (χ3n) is 6.14. The molecule has 6 heteroatoms. The summed E-state index contributed by atoms with van der Waals surface area (Å²) in [4.78, 5) is 18.3. The first kappa shape index (κ1) is 19.4. The molecule has 4 rings (SSSR count). The molecule has 0 bridgehead atoms. The Balaban J connectivity index is 1.59. The second kappa shape index (κ2) is 8.23. The number of nitrogens with zero attached hydrogens (tertiary/aromatic N) is 4. The van der Waals surface area contributed by atoms with Crippen molar-refractivity contribution in [2.45, 2.75) is 39.2 Å². The van der Waals surface area contributed by atoms with Gasteiger partial charge in [-0.2, -0.15) is 5.10 Å². The number of rotatable bonds is 5. The lowest BCUT2D eigenvalue weighted by molar-refractivity contribution is -0.117. The molecule has 0 spiro atoms. The van der Waals surface area contributed by atoms with E-state index in [1.165, 1.54) is 12.0 Å². The maximum atomic E-state index is 11.3. The first-order valence-electron chi connectivity index (χ1n) is 10.4. The molecule has 2 atom stereocenters. The number of carbonyl (C=O) groups is 1. The number of hydrogen-bond acceptors (Lipinski definition) is 3. The van der Waals surface area contributed by atoms with E-state index in [-0.39, 0.29) is 0 Å². The van der Waals surface area contributed by atoms with Gasteiger partial charge in [0.2, 0.25) is 6.41 Å². The van der Waals surface area contributed by atoms with Crippen molar-refractivity contribution < 1.29 is 4.79 Å². The van der Waals surface area contributed by atoms with E-state index in [0.717, 1.165) is 54.0 Å². The molecule has 2 aromatic rings. The molecule has 0 radical (unpaired) electrons. The molecule has 0 saturated heterocycles. The summed E-state index contributed by atoms with van der Waals surface area (Å²) in [5, 5.41) is 7.80. The minimum Gasteiger partial charge on any atom is -0.340 e. The van der Waals surface area contributed by atoms with Crippen LogP contribution in [0.1, 0.15) is 33.1 Å². The molecule has 1 unspecified atom stereocenters. The Bertz CT molecular complexity index is 940. The van der Waals surface area contributed by atoms with Crippen LogP contribution in [0.15, 0.2) is 52.8 Å². The molecular weight excluding hydrogens is 362 g/mol. The lowest BCUT2D eigenvalue weighted by Crippen LogP contribution is -2.36. The van der Waals surface area contributed by atoms with E-state index in [1.807, 2.05) is 29.0 Å². The highest BCUT2D eigenvalue weighted by Gasteiger charge is 2.28. The van der Waals surface area contributed by atoms with Crippen molar-refractivity contribution >= 4 is 17.9 Å². The molecule has 2 heterocycles. The highest BCUT2D eigenvalue weighted by molar-refractivity contribution is 6.09. The zero-order valence-corrected chi connectivity index (χ0v) is 17.4. The van der Waals surface area contributed by atoms with Crippen LogP contribution in [-0.2, 0) is 11.8 Å². The maximum Gasteiger partial charge on any atom is 0.210 e. The highest BCUT2D eigenvalue weighted by atomic mass is 16.1. The number of carbonyl (C=O) groups excluding carboxylic acids is 1. The van der Waals surface area contributed by atoms with Crippen LogP contribution in [0.3, 0.4) is 0 Å². The molecule has 2 aliphatic rings. The Morgan fingerprint density at radius 3 is 2.62 bits per heavy atom. The van der Waals surface area contributed by atoms with E-state index < -0.39 is 0 Å². The maximum absolute atomic E-state index is 11.3. The number of amidine groups is 1. The SMILES string of the molecule is CC1=C(C(=N[C@H]2CCC2C)Nc2ccc(-c3cnn(C)c3)cc2)CN(C=O)CC1. The van der Waals surface area contributed by atoms with Gasteiger partial charge in [0.25, 0.3) is 0 Å². The molecule has 1 fully saturated rings. The quantitative estimate of drug-likeness (QED) is 0.478. The van der Waals surface area contributed by atoms with Crippen molar-refractivity contribution in [3.8, 4) is 11.1 Å². The average molecular weight is 392 g/mol. The predicted molar refractivity (Wildman–Crippen MR) is 117 cm³/mol. The number of anilines is 1. The molecule has 6 nitrogen and oxygen atoms in total. The molecule has 1 saturated carbocycles. The zero-order chi connectivity index (χ0) is 20.4. The molecule has 152 valence electrons. The number of aryl methyl sites for hydroxylation is 1. The van der Waals surface area contributed by atoms with Crippen LogP contribution >= 0.6 is 0 Å². The fourth-order valence-electron chi connectivity index (χ4n) is 3.89. The van der Waals surface area contributed by atoms with Gasteiger partial charge in [-0.05, 0) is 49.8 Å². The predicted octanol–water partition coefficient (Wildman–Crippen LogP) is 3.87. The third kappa shape index (κ3) is 4.26. The fraction of sp³-hybridized carbons (Fsp3) is 0.435. The Morgan fingerprint density at radius 1 is 1.24 bits per heavy atom. The summed E-state index contributed by atoms with van der Waals surface area (Å²) in [6.45, 7) is 5.82. The lowest BCUT2D eigenvalue weighted by atomic mass is 9.81. The van der Waals surface area contributed by atoms with Crippen LogP contribution in [0.5, 0.6) is 0 Å². The van der Waals surface area contributed by atoms with Gasteiger partial charge in [0.15, 0.2) is 0 Å². The van der Waals surface area contributed by atoms with E-state index in [9.17, 15) is 4.79 Å². The Hall–Kier alpha value is -2.89. The summed E-state index contributed by atoms with van der Waals surface area (Å²) in [5.74, 6) is 1.53. The summed E-state index contributed by atoms with van der Waals surface area (Å²) in [6, 6.07) is 8.72. The number of amides is 1. The van der Waals surface area contributed by atoms with Crippen LogP contribution < -0.4 is 5.32 Å². The Kier molecular flexibility index (Phi) is 5.51. The summed E-state index contributed by atoms with van der Waals surface area (Å²) < 4.78 is 1.81. The first-order chi connectivity index (χ1) is 14.0. The monoisotopic (exact) mass is 391 g/mol. The molecule has 1 aliphatic carbocycles. The number of benzene rings is 1. The van der Waals surface area contributed by atoms with Gasteiger partial charge in [0, 0.05) is 43.2 Å². The van der Waals surface area contributed by atoms with Gasteiger partial charge < -0.3 is 10.2 Å². The number of aliphatic imine (C=N–C) groups is 1. The molecule has 1 N–H and O–H groups in total. The van der Waals surface area contributed by atoms with Gasteiger partial charge in [-0.15, -0.1) is 0 Å². The van der Waals surface area contributed by atoms with Crippen LogP contribution in [0.25, 0.3) is 11.1 Å². The van der Waals surface area contributed by atoms with Crippen molar-refractivity contribution in [1.82, 2.24) is 14.7 Å². The third-order valence-corrected chi connectivity index (χ3v) is 6.14. The zero-order valence-electron chi connectivity index (χ0n) is 17.4. The minimum absolute atomic E-state index is 0.360. The molecule has 1 aliphatic heterocycles. The van der Waals surface area contributed by atoms with E-state index in [0.29, 0.717) is 18.5 Å². The average Bonchev–Trinajstić information content (AvgIpc) is 3.17. The molecule has 29 heavy (non-hydrogen) atoms. The second-order valence-corrected chi connectivity index (χ2v) is 8.29. The second-order valence-electron chi connectivity index (χ2n) is 8.29. The molecule has 1 aromatic heterocycles. The van der Waals surface area contributed by atoms with E-state index in [4.69, 9.17) is 4.99 Å². The topological polar surface area (TPSA) is 62.5 Å².